The molecule has 0 aliphatic heterocycles. The van der Waals surface area contributed by atoms with Crippen LogP contribution in [0.25, 0.3) is 0 Å². The van der Waals surface area contributed by atoms with Crippen molar-refractivity contribution < 1.29 is 9.53 Å². The molecule has 19 heavy (non-hydrogen) atoms. The second kappa shape index (κ2) is 5.83. The highest BCUT2D eigenvalue weighted by Gasteiger charge is 2.10. The van der Waals surface area contributed by atoms with Crippen molar-refractivity contribution in [1.82, 2.24) is 0 Å². The second-order valence-electron chi connectivity index (χ2n) is 4.16. The highest BCUT2D eigenvalue weighted by atomic mass is 16.5. The number of nitriles is 1. The van der Waals surface area contributed by atoms with Crippen LogP contribution < -0.4 is 4.74 Å². The van der Waals surface area contributed by atoms with Crippen LogP contribution in [0.5, 0.6) is 5.75 Å². The lowest BCUT2D eigenvalue weighted by Gasteiger charge is -2.16. The highest BCUT2D eigenvalue weighted by molar-refractivity contribution is 5.76. The molecule has 2 rings (SSSR count). The van der Waals surface area contributed by atoms with E-state index in [0.717, 1.165) is 5.56 Å². The van der Waals surface area contributed by atoms with Gasteiger partial charge in [0.05, 0.1) is 5.56 Å². The van der Waals surface area contributed by atoms with E-state index in [2.05, 4.69) is 0 Å². The molecule has 0 bridgehead atoms. The number of benzene rings is 2. The Kier molecular flexibility index (Phi) is 3.94. The zero-order chi connectivity index (χ0) is 13.7. The smallest absolute Gasteiger partial charge is 0.150 e. The van der Waals surface area contributed by atoms with Gasteiger partial charge in [-0.3, -0.25) is 4.79 Å². The largest absolute Gasteiger partial charge is 0.485 e. The lowest BCUT2D eigenvalue weighted by Crippen LogP contribution is -2.04. The van der Waals surface area contributed by atoms with Crippen molar-refractivity contribution in [1.29, 1.82) is 5.26 Å². The molecular formula is C16H13NO2. The first-order chi connectivity index (χ1) is 9.24. The summed E-state index contributed by atoms with van der Waals surface area (Å²) in [7, 11) is 0. The van der Waals surface area contributed by atoms with E-state index >= 15 is 0 Å². The van der Waals surface area contributed by atoms with Gasteiger partial charge >= 0.3 is 0 Å². The molecule has 0 aromatic heterocycles. The normalized spacial score (nSPS) is 11.4. The number of hydrogen-bond donors (Lipinski definition) is 0. The van der Waals surface area contributed by atoms with E-state index in [0.29, 0.717) is 23.2 Å². The Labute approximate surface area is 112 Å². The molecule has 0 N–H and O–H groups in total. The van der Waals surface area contributed by atoms with Crippen molar-refractivity contribution in [2.75, 3.05) is 0 Å². The van der Waals surface area contributed by atoms with Crippen LogP contribution >= 0.6 is 0 Å². The van der Waals surface area contributed by atoms with Gasteiger partial charge in [0.15, 0.2) is 0 Å². The molecular weight excluding hydrogens is 238 g/mol. The summed E-state index contributed by atoms with van der Waals surface area (Å²) in [4.78, 5) is 10.7. The molecule has 1 unspecified atom stereocenters. The van der Waals surface area contributed by atoms with E-state index in [1.807, 2.05) is 43.3 Å². The Morgan fingerprint density at radius 2 is 1.95 bits per heavy atom. The van der Waals surface area contributed by atoms with Crippen LogP contribution in [0.3, 0.4) is 0 Å². The van der Waals surface area contributed by atoms with Crippen molar-refractivity contribution in [3.8, 4) is 11.8 Å². The fraction of sp³-hybridized carbons (Fsp3) is 0.125. The molecule has 2 aromatic carbocycles. The summed E-state index contributed by atoms with van der Waals surface area (Å²) in [6, 6.07) is 16.6. The van der Waals surface area contributed by atoms with Crippen molar-refractivity contribution >= 4 is 6.29 Å². The van der Waals surface area contributed by atoms with Crippen LogP contribution in [0.2, 0.25) is 0 Å². The maximum Gasteiger partial charge on any atom is 0.150 e. The maximum atomic E-state index is 10.7. The van der Waals surface area contributed by atoms with Gasteiger partial charge in [-0.15, -0.1) is 0 Å². The molecule has 0 aliphatic rings. The third-order valence-corrected chi connectivity index (χ3v) is 2.83. The molecule has 0 spiro atoms. The van der Waals surface area contributed by atoms with E-state index in [-0.39, 0.29) is 6.10 Å². The van der Waals surface area contributed by atoms with Crippen molar-refractivity contribution in [2.24, 2.45) is 0 Å². The molecule has 0 aliphatic carbocycles. The number of rotatable bonds is 4. The third-order valence-electron chi connectivity index (χ3n) is 2.83. The standard InChI is InChI=1S/C16H13NO2/c1-12(14-5-3-2-4-6-14)19-16-8-7-13(11-18)9-15(16)10-17/h2-9,11-12H,1H3. The molecule has 0 saturated carbocycles. The lowest BCUT2D eigenvalue weighted by atomic mass is 10.1. The zero-order valence-electron chi connectivity index (χ0n) is 10.5. The predicted molar refractivity (Wildman–Crippen MR) is 72.0 cm³/mol. The van der Waals surface area contributed by atoms with Crippen LogP contribution in [-0.2, 0) is 0 Å². The molecule has 3 nitrogen and oxygen atoms in total. The Bertz CT molecular complexity index is 614. The van der Waals surface area contributed by atoms with Crippen LogP contribution in [0.4, 0.5) is 0 Å². The molecule has 3 heteroatoms. The number of ether oxygens (including phenoxy) is 1. The molecule has 2 aromatic rings. The molecule has 94 valence electrons. The van der Waals surface area contributed by atoms with Gasteiger partial charge in [-0.2, -0.15) is 5.26 Å². The van der Waals surface area contributed by atoms with Gasteiger partial charge < -0.3 is 4.74 Å². The maximum absolute atomic E-state index is 10.7. The van der Waals surface area contributed by atoms with Gasteiger partial charge in [-0.05, 0) is 30.7 Å². The van der Waals surface area contributed by atoms with Gasteiger partial charge in [0.25, 0.3) is 0 Å². The fourth-order valence-corrected chi connectivity index (χ4v) is 1.79. The summed E-state index contributed by atoms with van der Waals surface area (Å²) < 4.78 is 5.78. The van der Waals surface area contributed by atoms with Crippen molar-refractivity contribution in [2.45, 2.75) is 13.0 Å². The summed E-state index contributed by atoms with van der Waals surface area (Å²) in [5.74, 6) is 0.490. The van der Waals surface area contributed by atoms with Gasteiger partial charge in [0.2, 0.25) is 0 Å². The first-order valence-electron chi connectivity index (χ1n) is 5.95. The summed E-state index contributed by atoms with van der Waals surface area (Å²) in [6.45, 7) is 1.92. The zero-order valence-corrected chi connectivity index (χ0v) is 10.5. The minimum Gasteiger partial charge on any atom is -0.485 e. The van der Waals surface area contributed by atoms with Crippen molar-refractivity contribution in [3.63, 3.8) is 0 Å². The number of carbonyl (C=O) groups is 1. The van der Waals surface area contributed by atoms with Gasteiger partial charge in [-0.1, -0.05) is 30.3 Å². The Morgan fingerprint density at radius 1 is 1.21 bits per heavy atom. The van der Waals surface area contributed by atoms with E-state index in [9.17, 15) is 4.79 Å². The highest BCUT2D eigenvalue weighted by Crippen LogP contribution is 2.25. The summed E-state index contributed by atoms with van der Waals surface area (Å²) >= 11 is 0. The summed E-state index contributed by atoms with van der Waals surface area (Å²) in [5, 5.41) is 9.08. The SMILES string of the molecule is CC(Oc1ccc(C=O)cc1C#N)c1ccccc1. The average molecular weight is 251 g/mol. The number of nitrogens with zero attached hydrogens (tertiary/aromatic N) is 1. The Morgan fingerprint density at radius 3 is 2.58 bits per heavy atom. The molecule has 0 amide bonds. The number of hydrogen-bond acceptors (Lipinski definition) is 3. The van der Waals surface area contributed by atoms with Crippen LogP contribution in [0.1, 0.15) is 34.5 Å². The first kappa shape index (κ1) is 12.8. The molecule has 0 saturated heterocycles. The average Bonchev–Trinajstić information content (AvgIpc) is 2.48. The lowest BCUT2D eigenvalue weighted by molar-refractivity contribution is 0.112. The third kappa shape index (κ3) is 2.99. The molecule has 0 radical (unpaired) electrons. The van der Waals surface area contributed by atoms with E-state index in [1.165, 1.54) is 6.07 Å². The van der Waals surface area contributed by atoms with Gasteiger partial charge in [0.1, 0.15) is 24.2 Å². The van der Waals surface area contributed by atoms with Crippen LogP contribution in [-0.4, -0.2) is 6.29 Å². The summed E-state index contributed by atoms with van der Waals surface area (Å²) in [6.07, 6.45) is 0.556. The molecule has 0 fully saturated rings. The van der Waals surface area contributed by atoms with Gasteiger partial charge in [0, 0.05) is 5.56 Å². The number of aldehydes is 1. The quantitative estimate of drug-likeness (QED) is 0.781. The summed E-state index contributed by atoms with van der Waals surface area (Å²) in [5.41, 5.74) is 1.87. The van der Waals surface area contributed by atoms with E-state index in [1.54, 1.807) is 12.1 Å². The fourth-order valence-electron chi connectivity index (χ4n) is 1.79. The topological polar surface area (TPSA) is 50.1 Å². The Balaban J connectivity index is 2.24. The predicted octanol–water partition coefficient (Wildman–Crippen LogP) is 3.51. The van der Waals surface area contributed by atoms with E-state index in [4.69, 9.17) is 10.00 Å². The first-order valence-corrected chi connectivity index (χ1v) is 5.95. The molecule has 0 heterocycles. The van der Waals surface area contributed by atoms with Gasteiger partial charge in [-0.25, -0.2) is 0 Å². The second-order valence-corrected chi connectivity index (χ2v) is 4.16. The Hall–Kier alpha value is -2.60. The van der Waals surface area contributed by atoms with E-state index < -0.39 is 0 Å². The monoisotopic (exact) mass is 251 g/mol. The minimum atomic E-state index is -0.157. The van der Waals surface area contributed by atoms with Crippen molar-refractivity contribution in [3.05, 3.63) is 65.2 Å². The van der Waals surface area contributed by atoms with Crippen LogP contribution in [0.15, 0.2) is 48.5 Å². The minimum absolute atomic E-state index is 0.157. The van der Waals surface area contributed by atoms with Crippen LogP contribution in [0, 0.1) is 11.3 Å². The molecule has 1 atom stereocenters. The number of carbonyl (C=O) groups excluding carboxylic acids is 1.